The quantitative estimate of drug-likeness (QED) is 0.371. The molecule has 1 aliphatic carbocycles. The van der Waals surface area contributed by atoms with Crippen molar-refractivity contribution >= 4 is 5.78 Å². The fourth-order valence-corrected chi connectivity index (χ4v) is 1.32. The molecule has 4 heteroatoms. The van der Waals surface area contributed by atoms with Gasteiger partial charge in [-0.25, -0.2) is 5.26 Å². The first-order chi connectivity index (χ1) is 5.25. The lowest BCUT2D eigenvalue weighted by Crippen LogP contribution is -2.44. The van der Waals surface area contributed by atoms with Gasteiger partial charge in [-0.3, -0.25) is 4.79 Å². The molecule has 4 nitrogen and oxygen atoms in total. The molecular formula is C7H12O4. The Labute approximate surface area is 65.0 Å². The summed E-state index contributed by atoms with van der Waals surface area (Å²) in [5.74, 6) is -1.54. The number of hydrogen-bond donors (Lipinski definition) is 1. The van der Waals surface area contributed by atoms with Crippen molar-refractivity contribution in [2.24, 2.45) is 0 Å². The SMILES string of the molecule is COC1(OO)CCCCC1=O. The minimum Gasteiger partial charge on any atom is -0.345 e. The van der Waals surface area contributed by atoms with Gasteiger partial charge in [-0.2, -0.15) is 4.89 Å². The second-order valence-electron chi connectivity index (χ2n) is 2.68. The molecular weight excluding hydrogens is 148 g/mol. The monoisotopic (exact) mass is 160 g/mol. The van der Waals surface area contributed by atoms with Crippen molar-refractivity contribution in [1.82, 2.24) is 0 Å². The molecule has 1 fully saturated rings. The van der Waals surface area contributed by atoms with Gasteiger partial charge < -0.3 is 4.74 Å². The maximum absolute atomic E-state index is 11.2. The minimum absolute atomic E-state index is 0.172. The van der Waals surface area contributed by atoms with Crippen LogP contribution < -0.4 is 0 Å². The van der Waals surface area contributed by atoms with Crippen LogP contribution in [0.4, 0.5) is 0 Å². The molecule has 0 spiro atoms. The highest BCUT2D eigenvalue weighted by molar-refractivity contribution is 5.86. The summed E-state index contributed by atoms with van der Waals surface area (Å²) in [6.07, 6.45) is 2.57. The first-order valence-corrected chi connectivity index (χ1v) is 3.66. The smallest absolute Gasteiger partial charge is 0.260 e. The number of carbonyl (C=O) groups is 1. The molecule has 0 aromatic rings. The van der Waals surface area contributed by atoms with Crippen molar-refractivity contribution in [2.75, 3.05) is 7.11 Å². The van der Waals surface area contributed by atoms with Gasteiger partial charge in [0.1, 0.15) is 0 Å². The lowest BCUT2D eigenvalue weighted by molar-refractivity contribution is -0.383. The van der Waals surface area contributed by atoms with E-state index in [0.29, 0.717) is 12.8 Å². The van der Waals surface area contributed by atoms with Crippen LogP contribution in [0.3, 0.4) is 0 Å². The van der Waals surface area contributed by atoms with Gasteiger partial charge in [0, 0.05) is 20.0 Å². The van der Waals surface area contributed by atoms with Gasteiger partial charge in [-0.05, 0) is 12.8 Å². The molecule has 1 unspecified atom stereocenters. The van der Waals surface area contributed by atoms with E-state index in [0.717, 1.165) is 12.8 Å². The van der Waals surface area contributed by atoms with Crippen LogP contribution in [0.1, 0.15) is 25.7 Å². The predicted molar refractivity (Wildman–Crippen MR) is 36.9 cm³/mol. The van der Waals surface area contributed by atoms with Crippen molar-refractivity contribution in [2.45, 2.75) is 31.5 Å². The van der Waals surface area contributed by atoms with Crippen LogP contribution in [0.2, 0.25) is 0 Å². The van der Waals surface area contributed by atoms with E-state index in [1.54, 1.807) is 0 Å². The Hall–Kier alpha value is -0.450. The van der Waals surface area contributed by atoms with Crippen LogP contribution in [0.15, 0.2) is 0 Å². The number of rotatable bonds is 2. The number of ether oxygens (including phenoxy) is 1. The van der Waals surface area contributed by atoms with Gasteiger partial charge in [0.05, 0.1) is 0 Å². The summed E-state index contributed by atoms with van der Waals surface area (Å²) >= 11 is 0. The largest absolute Gasteiger partial charge is 0.345 e. The third kappa shape index (κ3) is 1.42. The molecule has 64 valence electrons. The van der Waals surface area contributed by atoms with E-state index in [-0.39, 0.29) is 5.78 Å². The van der Waals surface area contributed by atoms with Crippen LogP contribution in [0.25, 0.3) is 0 Å². The normalized spacial score (nSPS) is 32.4. The molecule has 0 aromatic heterocycles. The third-order valence-electron chi connectivity index (χ3n) is 2.06. The van der Waals surface area contributed by atoms with Crippen molar-refractivity contribution in [3.05, 3.63) is 0 Å². The van der Waals surface area contributed by atoms with E-state index < -0.39 is 5.79 Å². The zero-order valence-corrected chi connectivity index (χ0v) is 6.50. The Morgan fingerprint density at radius 2 is 2.27 bits per heavy atom. The van der Waals surface area contributed by atoms with Crippen LogP contribution >= 0.6 is 0 Å². The number of hydrogen-bond acceptors (Lipinski definition) is 4. The predicted octanol–water partition coefficient (Wildman–Crippen LogP) is 0.962. The molecule has 1 aliphatic rings. The lowest BCUT2D eigenvalue weighted by atomic mass is 9.93. The van der Waals surface area contributed by atoms with Crippen LogP contribution in [-0.4, -0.2) is 23.9 Å². The molecule has 0 radical (unpaired) electrons. The fraction of sp³-hybridized carbons (Fsp3) is 0.857. The molecule has 1 N–H and O–H groups in total. The molecule has 0 saturated heterocycles. The Kier molecular flexibility index (Phi) is 2.59. The standard InChI is InChI=1S/C7H12O4/c1-10-7(11-9)5-3-2-4-6(7)8/h9H,2-5H2,1H3. The van der Waals surface area contributed by atoms with E-state index in [1.807, 2.05) is 0 Å². The van der Waals surface area contributed by atoms with Gasteiger partial charge in [-0.1, -0.05) is 0 Å². The molecule has 1 saturated carbocycles. The molecule has 0 bridgehead atoms. The molecule has 0 aromatic carbocycles. The maximum Gasteiger partial charge on any atom is 0.260 e. The summed E-state index contributed by atoms with van der Waals surface area (Å²) in [7, 11) is 1.36. The average molecular weight is 160 g/mol. The van der Waals surface area contributed by atoms with Crippen molar-refractivity contribution < 1.29 is 19.7 Å². The number of ketones is 1. The van der Waals surface area contributed by atoms with Crippen LogP contribution in [-0.2, 0) is 14.4 Å². The molecule has 11 heavy (non-hydrogen) atoms. The second kappa shape index (κ2) is 3.30. The van der Waals surface area contributed by atoms with Gasteiger partial charge in [0.15, 0.2) is 5.78 Å². The van der Waals surface area contributed by atoms with Crippen molar-refractivity contribution in [1.29, 1.82) is 0 Å². The summed E-state index contributed by atoms with van der Waals surface area (Å²) in [5, 5.41) is 8.47. The first kappa shape index (κ1) is 8.64. The average Bonchev–Trinajstić information content (AvgIpc) is 2.06. The van der Waals surface area contributed by atoms with Crippen LogP contribution in [0, 0.1) is 0 Å². The summed E-state index contributed by atoms with van der Waals surface area (Å²) in [6, 6.07) is 0. The molecule has 0 aliphatic heterocycles. The summed E-state index contributed by atoms with van der Waals surface area (Å²) in [6.45, 7) is 0. The summed E-state index contributed by atoms with van der Waals surface area (Å²) in [5.41, 5.74) is 0. The molecule has 1 rings (SSSR count). The molecule has 0 amide bonds. The Morgan fingerprint density at radius 3 is 2.64 bits per heavy atom. The fourth-order valence-electron chi connectivity index (χ4n) is 1.32. The second-order valence-corrected chi connectivity index (χ2v) is 2.68. The lowest BCUT2D eigenvalue weighted by Gasteiger charge is -2.30. The molecule has 1 atom stereocenters. The third-order valence-corrected chi connectivity index (χ3v) is 2.06. The van der Waals surface area contributed by atoms with Gasteiger partial charge in [-0.15, -0.1) is 0 Å². The van der Waals surface area contributed by atoms with Crippen molar-refractivity contribution in [3.8, 4) is 0 Å². The van der Waals surface area contributed by atoms with E-state index in [1.165, 1.54) is 7.11 Å². The highest BCUT2D eigenvalue weighted by atomic mass is 17.1. The summed E-state index contributed by atoms with van der Waals surface area (Å²) < 4.78 is 4.82. The van der Waals surface area contributed by atoms with Gasteiger partial charge in [0.25, 0.3) is 5.79 Å². The Morgan fingerprint density at radius 1 is 1.55 bits per heavy atom. The van der Waals surface area contributed by atoms with Gasteiger partial charge >= 0.3 is 0 Å². The van der Waals surface area contributed by atoms with Gasteiger partial charge in [0.2, 0.25) is 0 Å². The minimum atomic E-state index is -1.36. The number of carbonyl (C=O) groups excluding carboxylic acids is 1. The van der Waals surface area contributed by atoms with E-state index in [2.05, 4.69) is 4.89 Å². The van der Waals surface area contributed by atoms with Crippen LogP contribution in [0.5, 0.6) is 0 Å². The molecule has 0 heterocycles. The van der Waals surface area contributed by atoms with E-state index in [9.17, 15) is 4.79 Å². The highest BCUT2D eigenvalue weighted by Crippen LogP contribution is 2.28. The topological polar surface area (TPSA) is 55.8 Å². The maximum atomic E-state index is 11.2. The summed E-state index contributed by atoms with van der Waals surface area (Å²) in [4.78, 5) is 15.2. The Balaban J connectivity index is 2.69. The first-order valence-electron chi connectivity index (χ1n) is 3.66. The van der Waals surface area contributed by atoms with E-state index in [4.69, 9.17) is 9.99 Å². The number of Topliss-reactive ketones (excluding diaryl/α,β-unsaturated/α-hetero) is 1. The highest BCUT2D eigenvalue weighted by Gasteiger charge is 2.41. The number of methoxy groups -OCH3 is 1. The zero-order chi connectivity index (χ0) is 8.32. The van der Waals surface area contributed by atoms with E-state index >= 15 is 0 Å². The van der Waals surface area contributed by atoms with Crippen molar-refractivity contribution in [3.63, 3.8) is 0 Å². The Bertz CT molecular complexity index is 151. The zero-order valence-electron chi connectivity index (χ0n) is 6.50.